The Morgan fingerprint density at radius 2 is 2.15 bits per heavy atom. The van der Waals surface area contributed by atoms with Gasteiger partial charge in [-0.1, -0.05) is 6.07 Å². The number of aliphatic hydroxyl groups excluding tert-OH is 1. The molecule has 0 aliphatic carbocycles. The van der Waals surface area contributed by atoms with Gasteiger partial charge in [0.05, 0.1) is 6.61 Å². The van der Waals surface area contributed by atoms with Gasteiger partial charge in [0.25, 0.3) is 0 Å². The van der Waals surface area contributed by atoms with E-state index in [1.165, 1.54) is 0 Å². The molecule has 0 spiro atoms. The molecule has 1 aromatic heterocycles. The lowest BCUT2D eigenvalue weighted by Gasteiger charge is -1.95. The minimum Gasteiger partial charge on any atom is -0.505 e. The molecule has 2 nitrogen and oxygen atoms in total. The summed E-state index contributed by atoms with van der Waals surface area (Å²) in [6, 6.07) is 5.62. The number of benzene rings is 1. The van der Waals surface area contributed by atoms with Gasteiger partial charge in [0.2, 0.25) is 0 Å². The highest BCUT2D eigenvalue weighted by Gasteiger charge is 2.08. The van der Waals surface area contributed by atoms with E-state index in [1.54, 1.807) is 11.3 Å². The normalized spacial score (nSPS) is 10.9. The summed E-state index contributed by atoms with van der Waals surface area (Å²) < 4.78 is 1.95. The fourth-order valence-electron chi connectivity index (χ4n) is 1.20. The van der Waals surface area contributed by atoms with Crippen LogP contribution in [-0.2, 0) is 6.61 Å². The third kappa shape index (κ3) is 1.53. The largest absolute Gasteiger partial charge is 0.505 e. The molecule has 0 aliphatic heterocycles. The molecule has 1 aromatic carbocycles. The van der Waals surface area contributed by atoms with Crippen LogP contribution in [0.15, 0.2) is 18.2 Å². The molecule has 2 rings (SSSR count). The summed E-state index contributed by atoms with van der Waals surface area (Å²) in [5, 5.41) is 19.4. The standard InChI is InChI=1S/C9H7IO2S/c10-9-8(12)6-3-5(4-11)1-2-7(6)13-9/h1-3,11-12H,4H2. The molecule has 13 heavy (non-hydrogen) atoms. The first-order chi connectivity index (χ1) is 6.22. The van der Waals surface area contributed by atoms with Crippen molar-refractivity contribution in [3.63, 3.8) is 0 Å². The minimum absolute atomic E-state index is 0.0157. The average molecular weight is 306 g/mol. The van der Waals surface area contributed by atoms with Gasteiger partial charge >= 0.3 is 0 Å². The van der Waals surface area contributed by atoms with Gasteiger partial charge in [-0.05, 0) is 40.3 Å². The van der Waals surface area contributed by atoms with Crippen molar-refractivity contribution in [2.24, 2.45) is 0 Å². The Morgan fingerprint density at radius 3 is 2.85 bits per heavy atom. The Labute approximate surface area is 93.0 Å². The molecule has 0 saturated carbocycles. The summed E-state index contributed by atoms with van der Waals surface area (Å²) in [6.45, 7) is 0.0157. The third-order valence-corrected chi connectivity index (χ3v) is 3.99. The Kier molecular flexibility index (Phi) is 2.44. The molecular formula is C9H7IO2S. The van der Waals surface area contributed by atoms with Crippen LogP contribution in [0.5, 0.6) is 5.75 Å². The van der Waals surface area contributed by atoms with E-state index in [-0.39, 0.29) is 6.61 Å². The summed E-state index contributed by atoms with van der Waals surface area (Å²) in [5.74, 6) is 0.330. The fraction of sp³-hybridized carbons (Fsp3) is 0.111. The lowest BCUT2D eigenvalue weighted by Crippen LogP contribution is -1.80. The van der Waals surface area contributed by atoms with Crippen molar-refractivity contribution in [2.75, 3.05) is 0 Å². The molecule has 4 heteroatoms. The number of hydrogen-bond acceptors (Lipinski definition) is 3. The van der Waals surface area contributed by atoms with E-state index in [0.717, 1.165) is 18.5 Å². The molecule has 0 amide bonds. The number of aromatic hydroxyl groups is 1. The highest BCUT2D eigenvalue weighted by molar-refractivity contribution is 14.1. The molecular weight excluding hydrogens is 299 g/mol. The monoisotopic (exact) mass is 306 g/mol. The van der Waals surface area contributed by atoms with Crippen LogP contribution in [0.2, 0.25) is 0 Å². The summed E-state index contributed by atoms with van der Waals surface area (Å²) >= 11 is 3.66. The Bertz CT molecular complexity index is 450. The van der Waals surface area contributed by atoms with E-state index in [0.29, 0.717) is 5.75 Å². The van der Waals surface area contributed by atoms with Crippen molar-refractivity contribution in [3.05, 3.63) is 26.6 Å². The van der Waals surface area contributed by atoms with Crippen LogP contribution < -0.4 is 0 Å². The predicted octanol–water partition coefficient (Wildman–Crippen LogP) is 2.70. The fourth-order valence-corrected chi connectivity index (χ4v) is 3.00. The van der Waals surface area contributed by atoms with Crippen LogP contribution in [0.4, 0.5) is 0 Å². The van der Waals surface area contributed by atoms with Crippen molar-refractivity contribution < 1.29 is 10.2 Å². The summed E-state index contributed by atoms with van der Waals surface area (Å²) in [7, 11) is 0. The maximum atomic E-state index is 9.64. The van der Waals surface area contributed by atoms with Crippen molar-refractivity contribution in [2.45, 2.75) is 6.61 Å². The first kappa shape index (κ1) is 9.23. The zero-order valence-corrected chi connectivity index (χ0v) is 9.59. The van der Waals surface area contributed by atoms with E-state index in [1.807, 2.05) is 18.2 Å². The number of fused-ring (bicyclic) bond motifs is 1. The smallest absolute Gasteiger partial charge is 0.147 e. The second-order valence-corrected chi connectivity index (χ2v) is 5.58. The maximum absolute atomic E-state index is 9.64. The topological polar surface area (TPSA) is 40.5 Å². The lowest BCUT2D eigenvalue weighted by atomic mass is 10.2. The van der Waals surface area contributed by atoms with E-state index < -0.39 is 0 Å². The van der Waals surface area contributed by atoms with Crippen molar-refractivity contribution in [3.8, 4) is 5.75 Å². The first-order valence-corrected chi connectivity index (χ1v) is 5.62. The van der Waals surface area contributed by atoms with E-state index in [9.17, 15) is 5.11 Å². The number of halogens is 1. The van der Waals surface area contributed by atoms with Crippen LogP contribution in [0, 0.1) is 2.88 Å². The highest BCUT2D eigenvalue weighted by atomic mass is 127. The van der Waals surface area contributed by atoms with Crippen LogP contribution >= 0.6 is 33.9 Å². The second-order valence-electron chi connectivity index (χ2n) is 2.71. The van der Waals surface area contributed by atoms with Crippen molar-refractivity contribution in [1.29, 1.82) is 0 Å². The number of rotatable bonds is 1. The van der Waals surface area contributed by atoms with Gasteiger partial charge in [-0.2, -0.15) is 0 Å². The van der Waals surface area contributed by atoms with Gasteiger partial charge < -0.3 is 10.2 Å². The minimum atomic E-state index is 0.0157. The molecule has 0 fully saturated rings. The lowest BCUT2D eigenvalue weighted by molar-refractivity contribution is 0.282. The maximum Gasteiger partial charge on any atom is 0.147 e. The Morgan fingerprint density at radius 1 is 1.38 bits per heavy atom. The SMILES string of the molecule is OCc1ccc2sc(I)c(O)c2c1. The van der Waals surface area contributed by atoms with Crippen molar-refractivity contribution >= 4 is 44.0 Å². The van der Waals surface area contributed by atoms with Crippen LogP contribution in [0.3, 0.4) is 0 Å². The molecule has 0 saturated heterocycles. The quantitative estimate of drug-likeness (QED) is 0.795. The van der Waals surface area contributed by atoms with Gasteiger partial charge in [-0.3, -0.25) is 0 Å². The average Bonchev–Trinajstić information content (AvgIpc) is 2.43. The van der Waals surface area contributed by atoms with Crippen LogP contribution in [-0.4, -0.2) is 10.2 Å². The summed E-state index contributed by atoms with van der Waals surface area (Å²) in [4.78, 5) is 0. The molecule has 0 radical (unpaired) electrons. The molecule has 1 heterocycles. The van der Waals surface area contributed by atoms with E-state index in [4.69, 9.17) is 5.11 Å². The number of thiophene rings is 1. The molecule has 2 N–H and O–H groups in total. The van der Waals surface area contributed by atoms with E-state index in [2.05, 4.69) is 22.6 Å². The van der Waals surface area contributed by atoms with Gasteiger partial charge in [0, 0.05) is 10.1 Å². The molecule has 0 bridgehead atoms. The van der Waals surface area contributed by atoms with Crippen LogP contribution in [0.25, 0.3) is 10.1 Å². The van der Waals surface area contributed by atoms with Gasteiger partial charge in [0.1, 0.15) is 8.63 Å². The number of aliphatic hydroxyl groups is 1. The predicted molar refractivity (Wildman–Crippen MR) is 62.1 cm³/mol. The molecule has 2 aromatic rings. The zero-order valence-electron chi connectivity index (χ0n) is 6.62. The second kappa shape index (κ2) is 3.43. The Balaban J connectivity index is 2.75. The summed E-state index contributed by atoms with van der Waals surface area (Å²) in [5.41, 5.74) is 0.831. The third-order valence-electron chi connectivity index (χ3n) is 1.87. The van der Waals surface area contributed by atoms with Gasteiger partial charge in [-0.15, -0.1) is 11.3 Å². The van der Waals surface area contributed by atoms with Crippen LogP contribution in [0.1, 0.15) is 5.56 Å². The molecule has 68 valence electrons. The number of hydrogen-bond donors (Lipinski definition) is 2. The molecule has 0 atom stereocenters. The van der Waals surface area contributed by atoms with Crippen molar-refractivity contribution in [1.82, 2.24) is 0 Å². The molecule has 0 unspecified atom stereocenters. The highest BCUT2D eigenvalue weighted by Crippen LogP contribution is 2.37. The first-order valence-electron chi connectivity index (χ1n) is 3.73. The Hall–Kier alpha value is -0.330. The molecule has 0 aliphatic rings. The van der Waals surface area contributed by atoms with Gasteiger partial charge in [-0.25, -0.2) is 0 Å². The van der Waals surface area contributed by atoms with E-state index >= 15 is 0 Å². The van der Waals surface area contributed by atoms with Gasteiger partial charge in [0.15, 0.2) is 0 Å². The summed E-state index contributed by atoms with van der Waals surface area (Å²) in [6.07, 6.45) is 0. The zero-order chi connectivity index (χ0) is 9.42.